The Hall–Kier alpha value is -8.05. The molecule has 0 saturated carbocycles. The molecule has 0 amide bonds. The summed E-state index contributed by atoms with van der Waals surface area (Å²) in [5.74, 6) is 0. The van der Waals surface area contributed by atoms with Crippen LogP contribution in [0, 0.1) is 0 Å². The minimum Gasteiger partial charge on any atom is -0.366 e. The molecule has 298 valence electrons. The van der Waals surface area contributed by atoms with Crippen LogP contribution in [-0.2, 0) is 0 Å². The molecule has 0 aliphatic carbocycles. The Morgan fingerprint density at radius 2 is 0.984 bits per heavy atom. The number of benzene rings is 9. The average molecular weight is 807 g/mol. The molecule has 0 spiro atoms. The normalized spacial score (nSPS) is 15.1. The van der Waals surface area contributed by atoms with E-state index in [9.17, 15) is 0 Å². The van der Waals surface area contributed by atoms with Crippen LogP contribution < -0.4 is 10.6 Å². The van der Waals surface area contributed by atoms with Crippen LogP contribution in [0.5, 0.6) is 0 Å². The molecule has 11 aromatic rings. The summed E-state index contributed by atoms with van der Waals surface area (Å²) >= 11 is 0. The fourth-order valence-electron chi connectivity index (χ4n) is 9.65. The van der Waals surface area contributed by atoms with Gasteiger partial charge >= 0.3 is 0 Å². The molecule has 0 radical (unpaired) electrons. The van der Waals surface area contributed by atoms with Crippen LogP contribution in [0.2, 0.25) is 0 Å². The Balaban J connectivity index is 0.950. The molecule has 63 heavy (non-hydrogen) atoms. The highest BCUT2D eigenvalue weighted by molar-refractivity contribution is 6.17. The molecule has 0 bridgehead atoms. The van der Waals surface area contributed by atoms with Gasteiger partial charge in [-0.3, -0.25) is 5.32 Å². The van der Waals surface area contributed by atoms with Crippen molar-refractivity contribution in [3.8, 4) is 39.2 Å². The maximum absolute atomic E-state index is 5.33. The minimum atomic E-state index is -0.0924. The third-order valence-corrected chi connectivity index (χ3v) is 12.7. The van der Waals surface area contributed by atoms with E-state index in [1.165, 1.54) is 49.4 Å². The first-order valence-corrected chi connectivity index (χ1v) is 21.7. The molecule has 0 saturated heterocycles. The number of aromatic nitrogens is 2. The number of hydrogen-bond donors (Lipinski definition) is 2. The zero-order valence-electron chi connectivity index (χ0n) is 34.5. The third kappa shape index (κ3) is 6.56. The van der Waals surface area contributed by atoms with Gasteiger partial charge in [0.2, 0.25) is 0 Å². The lowest BCUT2D eigenvalue weighted by Crippen LogP contribution is -2.39. The van der Waals surface area contributed by atoms with Crippen molar-refractivity contribution >= 4 is 49.2 Å². The molecule has 1 aliphatic rings. The molecule has 2 unspecified atom stereocenters. The van der Waals surface area contributed by atoms with E-state index >= 15 is 0 Å². The Bertz CT molecular complexity index is 3450. The lowest BCUT2D eigenvalue weighted by Gasteiger charge is -2.33. The van der Waals surface area contributed by atoms with Crippen LogP contribution >= 0.6 is 0 Å². The van der Waals surface area contributed by atoms with Crippen molar-refractivity contribution in [2.24, 2.45) is 0 Å². The standard InChI is InChI=1S/C59H42N4/c1-4-16-39(17-5-1)47-26-15-27-50-57(47)51-37-44(32-35-52(51)60-58(50)41-18-6-2-7-19-41)43-22-14-23-45(36-43)54-38-53(61-59(62-54)42-20-8-3-9-21-42)40-30-33-46(34-31-40)63-55-28-12-10-24-48(55)49-25-11-13-29-56(49)63/h1-38,54,59,61-62H. The van der Waals surface area contributed by atoms with Gasteiger partial charge < -0.3 is 9.88 Å². The van der Waals surface area contributed by atoms with Crippen LogP contribution in [0.1, 0.15) is 28.9 Å². The van der Waals surface area contributed by atoms with Crippen LogP contribution in [0.3, 0.4) is 0 Å². The number of fused-ring (bicyclic) bond motifs is 6. The summed E-state index contributed by atoms with van der Waals surface area (Å²) in [6.45, 7) is 0. The first kappa shape index (κ1) is 36.8. The Labute approximate surface area is 366 Å². The average Bonchev–Trinajstić information content (AvgIpc) is 3.71. The van der Waals surface area contributed by atoms with Crippen molar-refractivity contribution in [2.75, 3.05) is 0 Å². The largest absolute Gasteiger partial charge is 0.366 e. The zero-order chi connectivity index (χ0) is 41.7. The van der Waals surface area contributed by atoms with Crippen LogP contribution in [-0.4, -0.2) is 9.55 Å². The molecule has 4 nitrogen and oxygen atoms in total. The first-order chi connectivity index (χ1) is 31.2. The van der Waals surface area contributed by atoms with Crippen molar-refractivity contribution in [3.05, 3.63) is 247 Å². The maximum Gasteiger partial charge on any atom is 0.104 e. The summed E-state index contributed by atoms with van der Waals surface area (Å²) in [6, 6.07) is 80.6. The Morgan fingerprint density at radius 3 is 1.71 bits per heavy atom. The van der Waals surface area contributed by atoms with E-state index < -0.39 is 0 Å². The van der Waals surface area contributed by atoms with Gasteiger partial charge in [0.1, 0.15) is 6.17 Å². The molecule has 9 aromatic carbocycles. The number of hydrogen-bond acceptors (Lipinski definition) is 3. The highest BCUT2D eigenvalue weighted by Crippen LogP contribution is 2.41. The first-order valence-electron chi connectivity index (χ1n) is 21.7. The van der Waals surface area contributed by atoms with E-state index in [1.54, 1.807) is 0 Å². The summed E-state index contributed by atoms with van der Waals surface area (Å²) in [5, 5.41) is 13.8. The fraction of sp³-hybridized carbons (Fsp3) is 0.0339. The predicted octanol–water partition coefficient (Wildman–Crippen LogP) is 14.5. The second-order valence-electron chi connectivity index (χ2n) is 16.4. The van der Waals surface area contributed by atoms with E-state index in [0.717, 1.165) is 55.6 Å². The summed E-state index contributed by atoms with van der Waals surface area (Å²) < 4.78 is 2.37. The van der Waals surface area contributed by atoms with Gasteiger partial charge in [-0.25, -0.2) is 4.98 Å². The molecule has 0 fully saturated rings. The quantitative estimate of drug-likeness (QED) is 0.158. The van der Waals surface area contributed by atoms with E-state index in [2.05, 4.69) is 246 Å². The van der Waals surface area contributed by atoms with Crippen molar-refractivity contribution in [1.82, 2.24) is 20.2 Å². The molecule has 1 aliphatic heterocycles. The van der Waals surface area contributed by atoms with Crippen molar-refractivity contribution in [3.63, 3.8) is 0 Å². The van der Waals surface area contributed by atoms with E-state index in [1.807, 2.05) is 0 Å². The molecule has 2 atom stereocenters. The smallest absolute Gasteiger partial charge is 0.104 e. The number of para-hydroxylation sites is 2. The van der Waals surface area contributed by atoms with Gasteiger partial charge in [-0.15, -0.1) is 0 Å². The number of nitrogens with zero attached hydrogens (tertiary/aromatic N) is 2. The Kier molecular flexibility index (Phi) is 9.02. The third-order valence-electron chi connectivity index (χ3n) is 12.7. The second-order valence-corrected chi connectivity index (χ2v) is 16.4. The van der Waals surface area contributed by atoms with Crippen LogP contribution in [0.25, 0.3) is 88.4 Å². The molecule has 3 heterocycles. The van der Waals surface area contributed by atoms with Gasteiger partial charge in [0.25, 0.3) is 0 Å². The van der Waals surface area contributed by atoms with Crippen LogP contribution in [0.15, 0.2) is 231 Å². The lowest BCUT2D eigenvalue weighted by atomic mass is 9.91. The highest BCUT2D eigenvalue weighted by Gasteiger charge is 2.25. The van der Waals surface area contributed by atoms with Gasteiger partial charge in [0, 0.05) is 43.9 Å². The van der Waals surface area contributed by atoms with E-state index in [-0.39, 0.29) is 12.2 Å². The lowest BCUT2D eigenvalue weighted by molar-refractivity contribution is 0.443. The summed E-state index contributed by atoms with van der Waals surface area (Å²) in [5.41, 5.74) is 16.0. The van der Waals surface area contributed by atoms with E-state index in [0.29, 0.717) is 0 Å². The Morgan fingerprint density at radius 1 is 0.413 bits per heavy atom. The molecule has 12 rings (SSSR count). The molecule has 4 heteroatoms. The molecular formula is C59H42N4. The van der Waals surface area contributed by atoms with Gasteiger partial charge in [-0.1, -0.05) is 182 Å². The summed E-state index contributed by atoms with van der Waals surface area (Å²) in [4.78, 5) is 5.33. The van der Waals surface area contributed by atoms with Crippen LogP contribution in [0.4, 0.5) is 0 Å². The number of nitrogens with one attached hydrogen (secondary N) is 2. The van der Waals surface area contributed by atoms with Crippen molar-refractivity contribution in [2.45, 2.75) is 12.2 Å². The predicted molar refractivity (Wildman–Crippen MR) is 263 cm³/mol. The van der Waals surface area contributed by atoms with E-state index in [4.69, 9.17) is 4.98 Å². The summed E-state index contributed by atoms with van der Waals surface area (Å²) in [7, 11) is 0. The van der Waals surface area contributed by atoms with Gasteiger partial charge in [0.15, 0.2) is 0 Å². The molecular weight excluding hydrogens is 765 g/mol. The minimum absolute atomic E-state index is 0.0514. The summed E-state index contributed by atoms with van der Waals surface area (Å²) in [6.07, 6.45) is 2.24. The second kappa shape index (κ2) is 15.4. The SMILES string of the molecule is C1=C(c2ccc(-n3c4ccccc4c4ccccc43)cc2)NC(c2ccccc2)NC1c1cccc(-c2ccc3nc(-c4ccccc4)c4cccc(-c5ccccc5)c4c3c2)c1. The molecule has 2 aromatic heterocycles. The van der Waals surface area contributed by atoms with Crippen molar-refractivity contribution in [1.29, 1.82) is 0 Å². The fourth-order valence-corrected chi connectivity index (χ4v) is 9.65. The number of rotatable bonds is 7. The van der Waals surface area contributed by atoms with Gasteiger partial charge in [0.05, 0.1) is 28.3 Å². The molecule has 2 N–H and O–H groups in total. The van der Waals surface area contributed by atoms with Gasteiger partial charge in [-0.2, -0.15) is 0 Å². The topological polar surface area (TPSA) is 41.9 Å². The number of pyridine rings is 1. The van der Waals surface area contributed by atoms with Crippen molar-refractivity contribution < 1.29 is 0 Å². The highest BCUT2D eigenvalue weighted by atomic mass is 15.2. The maximum atomic E-state index is 5.33. The zero-order valence-corrected chi connectivity index (χ0v) is 34.5. The van der Waals surface area contributed by atoms with Gasteiger partial charge in [-0.05, 0) is 87.5 Å². The monoisotopic (exact) mass is 806 g/mol.